The highest BCUT2D eigenvalue weighted by atomic mass is 14.9. The number of rotatable bonds is 5. The standard InChI is InChI=1S/C11H18N2/c1-3-4-8-12-9-11-7-5-6-10(2)13-11/h5-7,12H,3-4,8-9H2,1-2H3. The van der Waals surface area contributed by atoms with Gasteiger partial charge in [0.05, 0.1) is 5.69 Å². The third-order valence-corrected chi connectivity index (χ3v) is 1.96. The predicted octanol–water partition coefficient (Wildman–Crippen LogP) is 2.28. The largest absolute Gasteiger partial charge is 0.311 e. The van der Waals surface area contributed by atoms with Crippen molar-refractivity contribution < 1.29 is 0 Å². The fourth-order valence-electron chi connectivity index (χ4n) is 1.22. The number of hydrogen-bond donors (Lipinski definition) is 1. The van der Waals surface area contributed by atoms with Crippen molar-refractivity contribution in [1.29, 1.82) is 0 Å². The van der Waals surface area contributed by atoms with Gasteiger partial charge in [0.25, 0.3) is 0 Å². The van der Waals surface area contributed by atoms with Crippen molar-refractivity contribution in [1.82, 2.24) is 10.3 Å². The van der Waals surface area contributed by atoms with Crippen molar-refractivity contribution in [3.05, 3.63) is 29.6 Å². The van der Waals surface area contributed by atoms with Gasteiger partial charge in [-0.3, -0.25) is 4.98 Å². The van der Waals surface area contributed by atoms with Gasteiger partial charge in [-0.05, 0) is 32.0 Å². The first-order valence-corrected chi connectivity index (χ1v) is 4.96. The third-order valence-electron chi connectivity index (χ3n) is 1.96. The molecule has 0 fully saturated rings. The van der Waals surface area contributed by atoms with Crippen molar-refractivity contribution in [2.24, 2.45) is 0 Å². The van der Waals surface area contributed by atoms with E-state index in [1.165, 1.54) is 12.8 Å². The molecule has 0 aliphatic rings. The molecule has 0 aromatic carbocycles. The molecule has 0 bridgehead atoms. The number of nitrogens with zero attached hydrogens (tertiary/aromatic N) is 1. The van der Waals surface area contributed by atoms with Crippen LogP contribution >= 0.6 is 0 Å². The molecular formula is C11H18N2. The fraction of sp³-hybridized carbons (Fsp3) is 0.545. The maximum Gasteiger partial charge on any atom is 0.0544 e. The van der Waals surface area contributed by atoms with Crippen molar-refractivity contribution >= 4 is 0 Å². The van der Waals surface area contributed by atoms with Gasteiger partial charge in [-0.15, -0.1) is 0 Å². The summed E-state index contributed by atoms with van der Waals surface area (Å²) in [5, 5.41) is 3.37. The third kappa shape index (κ3) is 4.04. The Morgan fingerprint density at radius 1 is 1.38 bits per heavy atom. The summed E-state index contributed by atoms with van der Waals surface area (Å²) in [5.41, 5.74) is 2.23. The SMILES string of the molecule is CCCCNCc1cccc(C)n1. The second kappa shape index (κ2) is 5.70. The van der Waals surface area contributed by atoms with Crippen LogP contribution in [0.2, 0.25) is 0 Å². The Balaban J connectivity index is 2.28. The van der Waals surface area contributed by atoms with E-state index in [4.69, 9.17) is 0 Å². The summed E-state index contributed by atoms with van der Waals surface area (Å²) < 4.78 is 0. The highest BCUT2D eigenvalue weighted by molar-refractivity contribution is 5.09. The molecule has 1 heterocycles. The van der Waals surface area contributed by atoms with E-state index >= 15 is 0 Å². The van der Waals surface area contributed by atoms with E-state index in [1.54, 1.807) is 0 Å². The molecule has 1 aromatic heterocycles. The van der Waals surface area contributed by atoms with E-state index < -0.39 is 0 Å². The van der Waals surface area contributed by atoms with Gasteiger partial charge >= 0.3 is 0 Å². The van der Waals surface area contributed by atoms with Crippen LogP contribution in [0.25, 0.3) is 0 Å². The molecule has 13 heavy (non-hydrogen) atoms. The number of pyridine rings is 1. The van der Waals surface area contributed by atoms with Crippen LogP contribution < -0.4 is 5.32 Å². The molecule has 0 amide bonds. The molecule has 0 saturated carbocycles. The first-order valence-electron chi connectivity index (χ1n) is 4.96. The Bertz CT molecular complexity index is 246. The van der Waals surface area contributed by atoms with Crippen LogP contribution in [-0.2, 0) is 6.54 Å². The van der Waals surface area contributed by atoms with E-state index in [-0.39, 0.29) is 0 Å². The Kier molecular flexibility index (Phi) is 4.47. The van der Waals surface area contributed by atoms with Crippen LogP contribution in [0.3, 0.4) is 0 Å². The monoisotopic (exact) mass is 178 g/mol. The highest BCUT2D eigenvalue weighted by Gasteiger charge is 1.93. The average Bonchev–Trinajstić information content (AvgIpc) is 2.13. The first kappa shape index (κ1) is 10.2. The quantitative estimate of drug-likeness (QED) is 0.700. The predicted molar refractivity (Wildman–Crippen MR) is 55.6 cm³/mol. The maximum atomic E-state index is 4.41. The lowest BCUT2D eigenvalue weighted by molar-refractivity contribution is 0.632. The Morgan fingerprint density at radius 2 is 2.23 bits per heavy atom. The molecule has 2 heteroatoms. The molecule has 0 spiro atoms. The normalized spacial score (nSPS) is 10.3. The molecule has 0 radical (unpaired) electrons. The number of nitrogens with one attached hydrogen (secondary N) is 1. The summed E-state index contributed by atoms with van der Waals surface area (Å²) in [6, 6.07) is 6.14. The van der Waals surface area contributed by atoms with Gasteiger partial charge in [0.15, 0.2) is 0 Å². The molecule has 2 nitrogen and oxygen atoms in total. The van der Waals surface area contributed by atoms with Gasteiger partial charge in [0, 0.05) is 12.2 Å². The maximum absolute atomic E-state index is 4.41. The smallest absolute Gasteiger partial charge is 0.0544 e. The summed E-state index contributed by atoms with van der Waals surface area (Å²) in [4.78, 5) is 4.41. The van der Waals surface area contributed by atoms with Crippen molar-refractivity contribution in [3.8, 4) is 0 Å². The number of aromatic nitrogens is 1. The van der Waals surface area contributed by atoms with Gasteiger partial charge in [0.2, 0.25) is 0 Å². The summed E-state index contributed by atoms with van der Waals surface area (Å²) in [6.45, 7) is 6.20. The molecule has 0 aliphatic carbocycles. The summed E-state index contributed by atoms with van der Waals surface area (Å²) in [5.74, 6) is 0. The summed E-state index contributed by atoms with van der Waals surface area (Å²) in [6.07, 6.45) is 2.49. The summed E-state index contributed by atoms with van der Waals surface area (Å²) in [7, 11) is 0. The molecule has 1 aromatic rings. The van der Waals surface area contributed by atoms with Crippen LogP contribution in [0, 0.1) is 6.92 Å². The zero-order chi connectivity index (χ0) is 9.52. The lowest BCUT2D eigenvalue weighted by Gasteiger charge is -2.03. The number of unbranched alkanes of at least 4 members (excludes halogenated alkanes) is 1. The molecule has 0 saturated heterocycles. The summed E-state index contributed by atoms with van der Waals surface area (Å²) >= 11 is 0. The highest BCUT2D eigenvalue weighted by Crippen LogP contribution is 1.97. The number of hydrogen-bond acceptors (Lipinski definition) is 2. The molecule has 72 valence electrons. The van der Waals surface area contributed by atoms with Crippen molar-refractivity contribution in [2.45, 2.75) is 33.2 Å². The topological polar surface area (TPSA) is 24.9 Å². The Hall–Kier alpha value is -0.890. The fourth-order valence-corrected chi connectivity index (χ4v) is 1.22. The Labute approximate surface area is 80.4 Å². The van der Waals surface area contributed by atoms with Crippen molar-refractivity contribution in [2.75, 3.05) is 6.54 Å². The minimum atomic E-state index is 0.891. The molecular weight excluding hydrogens is 160 g/mol. The molecule has 0 atom stereocenters. The molecule has 1 rings (SSSR count). The molecule has 1 N–H and O–H groups in total. The zero-order valence-corrected chi connectivity index (χ0v) is 8.51. The van der Waals surface area contributed by atoms with Gasteiger partial charge in [-0.1, -0.05) is 19.4 Å². The van der Waals surface area contributed by atoms with Gasteiger partial charge in [-0.2, -0.15) is 0 Å². The van der Waals surface area contributed by atoms with Crippen LogP contribution in [0.1, 0.15) is 31.2 Å². The molecule has 0 aliphatic heterocycles. The van der Waals surface area contributed by atoms with E-state index in [1.807, 2.05) is 13.0 Å². The average molecular weight is 178 g/mol. The first-order chi connectivity index (χ1) is 6.33. The van der Waals surface area contributed by atoms with E-state index in [2.05, 4.69) is 29.4 Å². The second-order valence-electron chi connectivity index (χ2n) is 3.30. The van der Waals surface area contributed by atoms with Crippen molar-refractivity contribution in [3.63, 3.8) is 0 Å². The van der Waals surface area contributed by atoms with Gasteiger partial charge < -0.3 is 5.32 Å². The van der Waals surface area contributed by atoms with Crippen LogP contribution in [0.5, 0.6) is 0 Å². The van der Waals surface area contributed by atoms with E-state index in [9.17, 15) is 0 Å². The zero-order valence-electron chi connectivity index (χ0n) is 8.51. The minimum Gasteiger partial charge on any atom is -0.311 e. The second-order valence-corrected chi connectivity index (χ2v) is 3.30. The molecule has 0 unspecified atom stereocenters. The van der Waals surface area contributed by atoms with Crippen LogP contribution in [0.4, 0.5) is 0 Å². The number of aryl methyl sites for hydroxylation is 1. The van der Waals surface area contributed by atoms with Gasteiger partial charge in [0.1, 0.15) is 0 Å². The Morgan fingerprint density at radius 3 is 2.92 bits per heavy atom. The lowest BCUT2D eigenvalue weighted by Crippen LogP contribution is -2.15. The van der Waals surface area contributed by atoms with E-state index in [0.717, 1.165) is 24.5 Å². The minimum absolute atomic E-state index is 0.891. The van der Waals surface area contributed by atoms with E-state index in [0.29, 0.717) is 0 Å². The van der Waals surface area contributed by atoms with Crippen LogP contribution in [-0.4, -0.2) is 11.5 Å². The van der Waals surface area contributed by atoms with Gasteiger partial charge in [-0.25, -0.2) is 0 Å². The van der Waals surface area contributed by atoms with Crippen LogP contribution in [0.15, 0.2) is 18.2 Å². The lowest BCUT2D eigenvalue weighted by atomic mass is 10.3.